The number of nitrogens with zero attached hydrogens (tertiary/aromatic N) is 1. The first kappa shape index (κ1) is 23.5. The molecular weight excluding hydrogens is 434 g/mol. The van der Waals surface area contributed by atoms with E-state index < -0.39 is 0 Å². The highest BCUT2D eigenvalue weighted by atomic mass is 32.2. The molecule has 0 spiro atoms. The average Bonchev–Trinajstić information content (AvgIpc) is 3.38. The standard InChI is InChI=1S/C26H41N3O3S/c1-25(2)18-9-12-26(25,3)20(15-18)28-23(30)21-22(33-19-7-5-4-6-8-19)24(29-32-21)31-16-17-10-13-27-14-11-17/h17-20,27H,4-16H2,1-3H3,(H,28,30)/t18-,20+,26+/m1/s1. The van der Waals surface area contributed by atoms with Gasteiger partial charge in [-0.3, -0.25) is 4.79 Å². The summed E-state index contributed by atoms with van der Waals surface area (Å²) in [6.07, 6.45) is 11.9. The minimum atomic E-state index is -0.118. The van der Waals surface area contributed by atoms with Gasteiger partial charge in [0.1, 0.15) is 4.90 Å². The fourth-order valence-corrected chi connectivity index (χ4v) is 8.18. The summed E-state index contributed by atoms with van der Waals surface area (Å²) in [7, 11) is 0. The first-order chi connectivity index (χ1) is 15.9. The number of fused-ring (bicyclic) bond motifs is 2. The Balaban J connectivity index is 1.32. The SMILES string of the molecule is CC1(C)[C@@H]2CC[C@@]1(C)[C@@H](NC(=O)c1onc(OCC3CCNCC3)c1SC1CCCCC1)C2. The van der Waals surface area contributed by atoms with E-state index in [9.17, 15) is 4.79 Å². The number of carbonyl (C=O) groups excluding carboxylic acids is 1. The Bertz CT molecular complexity index is 844. The molecule has 0 unspecified atom stereocenters. The maximum absolute atomic E-state index is 13.5. The van der Waals surface area contributed by atoms with E-state index in [1.807, 2.05) is 0 Å². The van der Waals surface area contributed by atoms with E-state index in [1.54, 1.807) is 11.8 Å². The molecule has 1 aromatic rings. The van der Waals surface area contributed by atoms with Crippen LogP contribution in [0.5, 0.6) is 5.88 Å². The summed E-state index contributed by atoms with van der Waals surface area (Å²) in [5, 5.41) is 11.5. The highest BCUT2D eigenvalue weighted by Gasteiger charge is 2.61. The van der Waals surface area contributed by atoms with E-state index in [-0.39, 0.29) is 22.8 Å². The van der Waals surface area contributed by atoms with E-state index in [0.717, 1.165) is 37.2 Å². The summed E-state index contributed by atoms with van der Waals surface area (Å²) in [6, 6.07) is 0.190. The minimum Gasteiger partial charge on any atom is -0.474 e. The van der Waals surface area contributed by atoms with Crippen LogP contribution in [0.3, 0.4) is 0 Å². The van der Waals surface area contributed by atoms with Gasteiger partial charge in [0.05, 0.1) is 6.61 Å². The second-order valence-electron chi connectivity index (χ2n) is 11.7. The summed E-state index contributed by atoms with van der Waals surface area (Å²) >= 11 is 1.76. The number of hydrogen-bond acceptors (Lipinski definition) is 6. The molecule has 0 aromatic carbocycles. The second kappa shape index (κ2) is 9.44. The van der Waals surface area contributed by atoms with Gasteiger partial charge >= 0.3 is 0 Å². The van der Waals surface area contributed by atoms with Crippen LogP contribution in [0.4, 0.5) is 0 Å². The van der Waals surface area contributed by atoms with Crippen LogP contribution in [0.1, 0.15) is 95.5 Å². The van der Waals surface area contributed by atoms with Crippen molar-refractivity contribution in [3.05, 3.63) is 5.76 Å². The van der Waals surface area contributed by atoms with Crippen LogP contribution in [0.15, 0.2) is 9.42 Å². The third-order valence-electron chi connectivity index (χ3n) is 9.68. The highest BCUT2D eigenvalue weighted by molar-refractivity contribution is 8.00. The van der Waals surface area contributed by atoms with Crippen LogP contribution in [0, 0.1) is 22.7 Å². The van der Waals surface area contributed by atoms with Gasteiger partial charge in [-0.2, -0.15) is 0 Å². The van der Waals surface area contributed by atoms with Crippen LogP contribution in [-0.2, 0) is 0 Å². The maximum atomic E-state index is 13.5. The molecule has 1 amide bonds. The number of amides is 1. The molecule has 0 radical (unpaired) electrons. The molecule has 3 aliphatic carbocycles. The number of carbonyl (C=O) groups is 1. The number of piperidine rings is 1. The lowest BCUT2D eigenvalue weighted by molar-refractivity contribution is 0.0789. The van der Waals surface area contributed by atoms with E-state index in [2.05, 4.69) is 36.6 Å². The highest BCUT2D eigenvalue weighted by Crippen LogP contribution is 2.65. The molecule has 1 saturated heterocycles. The topological polar surface area (TPSA) is 76.4 Å². The van der Waals surface area contributed by atoms with Crippen molar-refractivity contribution in [1.29, 1.82) is 0 Å². The summed E-state index contributed by atoms with van der Waals surface area (Å²) in [5.74, 6) is 1.97. The molecule has 33 heavy (non-hydrogen) atoms. The molecule has 6 nitrogen and oxygen atoms in total. The molecule has 5 rings (SSSR count). The zero-order valence-electron chi connectivity index (χ0n) is 20.6. The Morgan fingerprint density at radius 1 is 1.15 bits per heavy atom. The van der Waals surface area contributed by atoms with Crippen molar-refractivity contribution in [3.8, 4) is 5.88 Å². The molecule has 1 aromatic heterocycles. The summed E-state index contributed by atoms with van der Waals surface area (Å²) in [6.45, 7) is 9.84. The summed E-state index contributed by atoms with van der Waals surface area (Å²) < 4.78 is 11.9. The quantitative estimate of drug-likeness (QED) is 0.548. The van der Waals surface area contributed by atoms with Crippen molar-refractivity contribution in [2.75, 3.05) is 19.7 Å². The number of nitrogens with one attached hydrogen (secondary N) is 2. The third-order valence-corrected chi connectivity index (χ3v) is 11.1. The lowest BCUT2D eigenvalue weighted by atomic mass is 9.69. The van der Waals surface area contributed by atoms with Crippen molar-refractivity contribution in [2.24, 2.45) is 22.7 Å². The average molecular weight is 476 g/mol. The fraction of sp³-hybridized carbons (Fsp3) is 0.846. The van der Waals surface area contributed by atoms with E-state index in [0.29, 0.717) is 35.3 Å². The second-order valence-corrected chi connectivity index (χ2v) is 13.0. The van der Waals surface area contributed by atoms with Gasteiger partial charge in [-0.15, -0.1) is 11.8 Å². The van der Waals surface area contributed by atoms with E-state index in [1.165, 1.54) is 44.9 Å². The Morgan fingerprint density at radius 2 is 1.91 bits per heavy atom. The molecule has 3 saturated carbocycles. The maximum Gasteiger partial charge on any atom is 0.291 e. The number of rotatable bonds is 7. The smallest absolute Gasteiger partial charge is 0.291 e. The van der Waals surface area contributed by atoms with Crippen LogP contribution >= 0.6 is 11.8 Å². The molecule has 2 heterocycles. The van der Waals surface area contributed by atoms with E-state index >= 15 is 0 Å². The van der Waals surface area contributed by atoms with Crippen molar-refractivity contribution in [3.63, 3.8) is 0 Å². The third kappa shape index (κ3) is 4.44. The Morgan fingerprint density at radius 3 is 2.58 bits per heavy atom. The fourth-order valence-electron chi connectivity index (χ4n) is 6.85. The van der Waals surface area contributed by atoms with Crippen LogP contribution in [-0.4, -0.2) is 42.1 Å². The lowest BCUT2D eigenvalue weighted by Crippen LogP contribution is -2.46. The van der Waals surface area contributed by atoms with Crippen LogP contribution in [0.2, 0.25) is 0 Å². The van der Waals surface area contributed by atoms with Gasteiger partial charge in [-0.25, -0.2) is 0 Å². The zero-order valence-corrected chi connectivity index (χ0v) is 21.4. The first-order valence-corrected chi connectivity index (χ1v) is 14.1. The van der Waals surface area contributed by atoms with Crippen molar-refractivity contribution in [1.82, 2.24) is 15.8 Å². The molecule has 7 heteroatoms. The normalized spacial score (nSPS) is 32.2. The van der Waals surface area contributed by atoms with Gasteiger partial charge in [0.2, 0.25) is 5.76 Å². The monoisotopic (exact) mass is 475 g/mol. The molecule has 184 valence electrons. The first-order valence-electron chi connectivity index (χ1n) is 13.2. The minimum absolute atomic E-state index is 0.118. The van der Waals surface area contributed by atoms with Gasteiger partial charge in [-0.05, 0) is 85.9 Å². The molecule has 4 fully saturated rings. The molecule has 2 N–H and O–H groups in total. The van der Waals surface area contributed by atoms with Gasteiger partial charge in [0, 0.05) is 11.3 Å². The number of aromatic nitrogens is 1. The molecule has 1 aliphatic heterocycles. The Labute approximate surface area is 202 Å². The molecule has 4 aliphatic rings. The Hall–Kier alpha value is -1.21. The molecular formula is C26H41N3O3S. The van der Waals surface area contributed by atoms with Gasteiger partial charge in [0.15, 0.2) is 0 Å². The predicted molar refractivity (Wildman–Crippen MR) is 131 cm³/mol. The largest absolute Gasteiger partial charge is 0.474 e. The van der Waals surface area contributed by atoms with Crippen molar-refractivity contribution in [2.45, 2.75) is 101 Å². The summed E-state index contributed by atoms with van der Waals surface area (Å²) in [4.78, 5) is 14.3. The number of thioether (sulfide) groups is 1. The number of ether oxygens (including phenoxy) is 1. The van der Waals surface area contributed by atoms with Gasteiger partial charge < -0.3 is 19.9 Å². The Kier molecular flexibility index (Phi) is 6.73. The number of hydrogen-bond donors (Lipinski definition) is 2. The van der Waals surface area contributed by atoms with Crippen LogP contribution in [0.25, 0.3) is 0 Å². The molecule has 2 bridgehead atoms. The predicted octanol–water partition coefficient (Wildman–Crippen LogP) is 5.42. The van der Waals surface area contributed by atoms with Gasteiger partial charge in [-0.1, -0.05) is 40.0 Å². The van der Waals surface area contributed by atoms with Crippen molar-refractivity contribution < 1.29 is 14.1 Å². The summed E-state index contributed by atoms with van der Waals surface area (Å²) in [5.41, 5.74) is 0.396. The van der Waals surface area contributed by atoms with Crippen LogP contribution < -0.4 is 15.4 Å². The lowest BCUT2D eigenvalue weighted by Gasteiger charge is -2.39. The molecule has 3 atom stereocenters. The zero-order chi connectivity index (χ0) is 23.1. The van der Waals surface area contributed by atoms with Gasteiger partial charge in [0.25, 0.3) is 11.8 Å². The van der Waals surface area contributed by atoms with Crippen molar-refractivity contribution >= 4 is 17.7 Å². The van der Waals surface area contributed by atoms with E-state index in [4.69, 9.17) is 9.26 Å².